The maximum Gasteiger partial charge on any atom is 0.191 e. The zero-order valence-electron chi connectivity index (χ0n) is 7.00. The van der Waals surface area contributed by atoms with E-state index in [1.807, 2.05) is 0 Å². The first-order valence-corrected chi connectivity index (χ1v) is 5.99. The molecular weight excluding hydrogens is 243 g/mol. The number of benzene rings is 1. The van der Waals surface area contributed by atoms with Crippen LogP contribution in [0.25, 0.3) is 0 Å². The fraction of sp³-hybridized carbons (Fsp3) is 0.111. The van der Waals surface area contributed by atoms with E-state index in [4.69, 9.17) is 29.6 Å². The highest BCUT2D eigenvalue weighted by atomic mass is 35.5. The maximum atomic E-state index is 11.5. The molecule has 0 aliphatic heterocycles. The van der Waals surface area contributed by atoms with E-state index in [1.54, 1.807) is 0 Å². The van der Waals surface area contributed by atoms with Crippen molar-refractivity contribution in [1.82, 2.24) is 0 Å². The first-order valence-electron chi connectivity index (χ1n) is 3.58. The molecular formula is C9H6Cl2O2S. The van der Waals surface area contributed by atoms with Crippen molar-refractivity contribution in [2.75, 3.05) is 5.75 Å². The van der Waals surface area contributed by atoms with Gasteiger partial charge in [0.25, 0.3) is 0 Å². The average Bonchev–Trinajstić information content (AvgIpc) is 2.02. The number of halogens is 2. The molecule has 1 aromatic carbocycles. The number of rotatable bonds is 2. The van der Waals surface area contributed by atoms with E-state index in [0.29, 0.717) is 5.02 Å². The smallest absolute Gasteiger partial charge is 0.191 e. The largest absolute Gasteiger partial charge is 0.223 e. The lowest BCUT2D eigenvalue weighted by Crippen LogP contribution is -2.05. The van der Waals surface area contributed by atoms with Gasteiger partial charge in [0, 0.05) is 5.02 Å². The summed E-state index contributed by atoms with van der Waals surface area (Å²) in [5.74, 6) is 1.70. The highest BCUT2D eigenvalue weighted by Crippen LogP contribution is 2.25. The van der Waals surface area contributed by atoms with Gasteiger partial charge >= 0.3 is 0 Å². The van der Waals surface area contributed by atoms with Crippen molar-refractivity contribution in [3.63, 3.8) is 0 Å². The fourth-order valence-electron chi connectivity index (χ4n) is 0.915. The Kier molecular flexibility index (Phi) is 3.43. The van der Waals surface area contributed by atoms with E-state index in [1.165, 1.54) is 18.2 Å². The summed E-state index contributed by atoms with van der Waals surface area (Å²) in [5, 5.41) is 0.474. The van der Waals surface area contributed by atoms with Crippen LogP contribution in [0.15, 0.2) is 23.1 Å². The van der Waals surface area contributed by atoms with Gasteiger partial charge in [0.1, 0.15) is 5.75 Å². The number of hydrogen-bond donors (Lipinski definition) is 0. The summed E-state index contributed by atoms with van der Waals surface area (Å²) in [4.78, 5) is 0.0153. The lowest BCUT2D eigenvalue weighted by Gasteiger charge is -2.03. The Labute approximate surface area is 92.8 Å². The third-order valence-corrected chi connectivity index (χ3v) is 3.74. The molecule has 0 radical (unpaired) electrons. The van der Waals surface area contributed by atoms with Crippen molar-refractivity contribution < 1.29 is 8.42 Å². The number of hydrogen-bond acceptors (Lipinski definition) is 2. The maximum absolute atomic E-state index is 11.5. The Hall–Kier alpha value is -0.690. The van der Waals surface area contributed by atoms with Gasteiger partial charge in [-0.2, -0.15) is 0 Å². The normalized spacial score (nSPS) is 10.9. The van der Waals surface area contributed by atoms with Crippen LogP contribution in [-0.2, 0) is 9.84 Å². The Morgan fingerprint density at radius 2 is 2.00 bits per heavy atom. The molecule has 0 aliphatic carbocycles. The molecule has 14 heavy (non-hydrogen) atoms. The molecule has 0 unspecified atom stereocenters. The molecule has 0 saturated heterocycles. The van der Waals surface area contributed by atoms with Gasteiger partial charge in [-0.3, -0.25) is 0 Å². The van der Waals surface area contributed by atoms with Crippen LogP contribution in [0.3, 0.4) is 0 Å². The predicted octanol–water partition coefficient (Wildman–Crippen LogP) is 2.40. The molecule has 5 heteroatoms. The summed E-state index contributed by atoms with van der Waals surface area (Å²) in [7, 11) is -3.48. The first-order chi connectivity index (χ1) is 6.47. The Morgan fingerprint density at radius 1 is 1.36 bits per heavy atom. The van der Waals surface area contributed by atoms with Crippen molar-refractivity contribution in [2.45, 2.75) is 4.90 Å². The van der Waals surface area contributed by atoms with Crippen LogP contribution in [0.1, 0.15) is 0 Å². The van der Waals surface area contributed by atoms with Crippen LogP contribution in [0, 0.1) is 12.3 Å². The summed E-state index contributed by atoms with van der Waals surface area (Å²) in [6.45, 7) is 0. The van der Waals surface area contributed by atoms with Crippen molar-refractivity contribution in [1.29, 1.82) is 0 Å². The van der Waals surface area contributed by atoms with E-state index in [-0.39, 0.29) is 15.7 Å². The van der Waals surface area contributed by atoms with Gasteiger partial charge in [-0.15, -0.1) is 6.42 Å². The molecule has 2 nitrogen and oxygen atoms in total. The van der Waals surface area contributed by atoms with Crippen LogP contribution in [-0.4, -0.2) is 14.2 Å². The van der Waals surface area contributed by atoms with Gasteiger partial charge in [0.05, 0.1) is 9.92 Å². The highest BCUT2D eigenvalue weighted by molar-refractivity contribution is 7.91. The Bertz CT molecular complexity index is 486. The molecule has 0 heterocycles. The summed E-state index contributed by atoms with van der Waals surface area (Å²) in [6, 6.07) is 4.17. The lowest BCUT2D eigenvalue weighted by molar-refractivity contribution is 0.599. The zero-order valence-corrected chi connectivity index (χ0v) is 9.33. The molecule has 74 valence electrons. The van der Waals surface area contributed by atoms with E-state index in [0.717, 1.165) is 0 Å². The van der Waals surface area contributed by atoms with Crippen LogP contribution in [0.5, 0.6) is 0 Å². The van der Waals surface area contributed by atoms with Gasteiger partial charge in [-0.05, 0) is 18.2 Å². The third kappa shape index (κ3) is 2.42. The van der Waals surface area contributed by atoms with E-state index in [9.17, 15) is 8.42 Å². The summed E-state index contributed by atoms with van der Waals surface area (Å²) in [5.41, 5.74) is 0. The van der Waals surface area contributed by atoms with E-state index < -0.39 is 9.84 Å². The molecule has 0 aliphatic rings. The molecule has 0 fully saturated rings. The molecule has 0 atom stereocenters. The number of sulfone groups is 1. The second-order valence-electron chi connectivity index (χ2n) is 2.54. The van der Waals surface area contributed by atoms with E-state index in [2.05, 4.69) is 5.92 Å². The summed E-state index contributed by atoms with van der Waals surface area (Å²) < 4.78 is 23.0. The second-order valence-corrected chi connectivity index (χ2v) is 5.34. The molecule has 0 bridgehead atoms. The number of terminal acetylenes is 1. The molecule has 1 rings (SSSR count). The Balaban J connectivity index is 3.29. The summed E-state index contributed by atoms with van der Waals surface area (Å²) in [6.07, 6.45) is 4.93. The topological polar surface area (TPSA) is 34.1 Å². The molecule has 1 aromatic rings. The molecule has 0 saturated carbocycles. The van der Waals surface area contributed by atoms with Gasteiger partial charge in [-0.25, -0.2) is 8.42 Å². The van der Waals surface area contributed by atoms with Gasteiger partial charge in [0.15, 0.2) is 9.84 Å². The van der Waals surface area contributed by atoms with Crippen LogP contribution < -0.4 is 0 Å². The van der Waals surface area contributed by atoms with Crippen LogP contribution in [0.2, 0.25) is 10.0 Å². The van der Waals surface area contributed by atoms with Crippen molar-refractivity contribution in [3.05, 3.63) is 28.2 Å². The fourth-order valence-corrected chi connectivity index (χ4v) is 2.68. The van der Waals surface area contributed by atoms with Crippen molar-refractivity contribution >= 4 is 33.0 Å². The van der Waals surface area contributed by atoms with Gasteiger partial charge in [-0.1, -0.05) is 29.1 Å². The first kappa shape index (κ1) is 11.4. The lowest BCUT2D eigenvalue weighted by atomic mass is 10.4. The molecule has 0 spiro atoms. The SMILES string of the molecule is C#CCS(=O)(=O)c1ccc(Cl)cc1Cl. The Morgan fingerprint density at radius 3 is 2.50 bits per heavy atom. The van der Waals surface area contributed by atoms with Gasteiger partial charge < -0.3 is 0 Å². The second kappa shape index (κ2) is 4.22. The van der Waals surface area contributed by atoms with Crippen LogP contribution >= 0.6 is 23.2 Å². The average molecular weight is 249 g/mol. The monoisotopic (exact) mass is 248 g/mol. The molecule has 0 N–H and O–H groups in total. The van der Waals surface area contributed by atoms with E-state index >= 15 is 0 Å². The highest BCUT2D eigenvalue weighted by Gasteiger charge is 2.16. The molecule has 0 amide bonds. The van der Waals surface area contributed by atoms with Crippen LogP contribution in [0.4, 0.5) is 0 Å². The third-order valence-electron chi connectivity index (χ3n) is 1.50. The molecule has 0 aromatic heterocycles. The minimum absolute atomic E-state index is 0.0153. The summed E-state index contributed by atoms with van der Waals surface area (Å²) >= 11 is 11.3. The zero-order chi connectivity index (χ0) is 10.8. The minimum atomic E-state index is -3.48. The van der Waals surface area contributed by atoms with Crippen molar-refractivity contribution in [3.8, 4) is 12.3 Å². The quantitative estimate of drug-likeness (QED) is 0.754. The minimum Gasteiger partial charge on any atom is -0.223 e. The standard InChI is InChI=1S/C9H6Cl2O2S/c1-2-5-14(12,13)9-4-3-7(10)6-8(9)11/h1,3-4,6H,5H2. The predicted molar refractivity (Wildman–Crippen MR) is 57.3 cm³/mol. The van der Waals surface area contributed by atoms with Crippen molar-refractivity contribution in [2.24, 2.45) is 0 Å². The van der Waals surface area contributed by atoms with Gasteiger partial charge in [0.2, 0.25) is 0 Å².